The Morgan fingerprint density at radius 1 is 1.64 bits per heavy atom. The van der Waals surface area contributed by atoms with Crippen LogP contribution in [0.25, 0.3) is 0 Å². The van der Waals surface area contributed by atoms with Crippen LogP contribution in [-0.2, 0) is 10.2 Å². The molecule has 1 aromatic heterocycles. The topological polar surface area (TPSA) is 30.2 Å². The molecule has 2 nitrogen and oxygen atoms in total. The van der Waals surface area contributed by atoms with Crippen LogP contribution in [0.3, 0.4) is 0 Å². The van der Waals surface area contributed by atoms with Crippen molar-refractivity contribution in [2.75, 3.05) is 0 Å². The molecule has 1 heterocycles. The van der Waals surface area contributed by atoms with E-state index in [2.05, 4.69) is 0 Å². The molecule has 0 aliphatic heterocycles. The first-order valence-corrected chi connectivity index (χ1v) is 3.79. The number of hydrogen-bond acceptors (Lipinski definition) is 2. The lowest BCUT2D eigenvalue weighted by molar-refractivity contribution is -0.109. The maximum Gasteiger partial charge on any atom is 0.130 e. The minimum atomic E-state index is -0.170. The van der Waals surface area contributed by atoms with Crippen molar-refractivity contribution < 1.29 is 9.21 Å². The van der Waals surface area contributed by atoms with Gasteiger partial charge in [-0.05, 0) is 25.8 Å². The first-order chi connectivity index (χ1) is 5.28. The smallest absolute Gasteiger partial charge is 0.130 e. The minimum absolute atomic E-state index is 0.170. The molecular weight excluding hydrogens is 140 g/mol. The number of hydrogen-bond donors (Lipinski definition) is 0. The lowest BCUT2D eigenvalue weighted by Gasteiger charge is -2.02. The van der Waals surface area contributed by atoms with E-state index in [0.717, 1.165) is 30.5 Å². The summed E-state index contributed by atoms with van der Waals surface area (Å²) in [7, 11) is 0. The molecule has 1 aliphatic rings. The van der Waals surface area contributed by atoms with Crippen molar-refractivity contribution in [1.82, 2.24) is 0 Å². The summed E-state index contributed by atoms with van der Waals surface area (Å²) in [5, 5.41) is 0. The zero-order valence-corrected chi connectivity index (χ0v) is 6.46. The molecule has 0 spiro atoms. The molecule has 0 saturated heterocycles. The minimum Gasteiger partial charge on any atom is -0.469 e. The molecule has 0 unspecified atom stereocenters. The zero-order chi connectivity index (χ0) is 7.90. The fourth-order valence-corrected chi connectivity index (χ4v) is 1.49. The van der Waals surface area contributed by atoms with Crippen molar-refractivity contribution in [1.29, 1.82) is 0 Å². The summed E-state index contributed by atoms with van der Waals surface area (Å²) in [6.45, 7) is 1.90. The molecular formula is C9H10O2. The second-order valence-electron chi connectivity index (χ2n) is 3.16. The van der Waals surface area contributed by atoms with Gasteiger partial charge in [0.05, 0.1) is 11.7 Å². The second kappa shape index (κ2) is 1.97. The van der Waals surface area contributed by atoms with E-state index in [9.17, 15) is 4.79 Å². The van der Waals surface area contributed by atoms with Crippen molar-refractivity contribution in [3.05, 3.63) is 23.7 Å². The molecule has 1 saturated carbocycles. The van der Waals surface area contributed by atoms with Crippen LogP contribution in [0.1, 0.15) is 24.2 Å². The van der Waals surface area contributed by atoms with E-state index < -0.39 is 0 Å². The Bertz CT molecular complexity index is 282. The van der Waals surface area contributed by atoms with E-state index >= 15 is 0 Å². The average molecular weight is 150 g/mol. The molecule has 58 valence electrons. The van der Waals surface area contributed by atoms with Crippen LogP contribution in [-0.4, -0.2) is 6.29 Å². The van der Waals surface area contributed by atoms with E-state index in [0.29, 0.717) is 0 Å². The molecule has 1 aliphatic carbocycles. The monoisotopic (exact) mass is 150 g/mol. The number of aldehydes is 1. The van der Waals surface area contributed by atoms with Crippen molar-refractivity contribution in [3.8, 4) is 0 Å². The fraction of sp³-hybridized carbons (Fsp3) is 0.444. The van der Waals surface area contributed by atoms with Crippen LogP contribution < -0.4 is 0 Å². The van der Waals surface area contributed by atoms with Crippen LogP contribution in [0.4, 0.5) is 0 Å². The number of furan rings is 1. The molecule has 2 heteroatoms. The Morgan fingerprint density at radius 2 is 2.36 bits per heavy atom. The zero-order valence-electron chi connectivity index (χ0n) is 6.46. The Hall–Kier alpha value is -1.05. The quantitative estimate of drug-likeness (QED) is 0.602. The van der Waals surface area contributed by atoms with Gasteiger partial charge in [0.2, 0.25) is 0 Å². The molecule has 2 rings (SSSR count). The predicted octanol–water partition coefficient (Wildman–Crippen LogP) is 1.82. The molecule has 11 heavy (non-hydrogen) atoms. The van der Waals surface area contributed by atoms with Gasteiger partial charge in [-0.15, -0.1) is 0 Å². The highest BCUT2D eigenvalue weighted by molar-refractivity contribution is 5.73. The summed E-state index contributed by atoms with van der Waals surface area (Å²) in [6.07, 6.45) is 4.66. The Labute approximate surface area is 65.2 Å². The largest absolute Gasteiger partial charge is 0.469 e. The van der Waals surface area contributed by atoms with E-state index in [-0.39, 0.29) is 5.41 Å². The van der Waals surface area contributed by atoms with Gasteiger partial charge in [-0.1, -0.05) is 0 Å². The highest BCUT2D eigenvalue weighted by atomic mass is 16.3. The van der Waals surface area contributed by atoms with E-state index in [1.165, 1.54) is 0 Å². The molecule has 0 bridgehead atoms. The summed E-state index contributed by atoms with van der Waals surface area (Å²) in [6, 6.07) is 1.90. The number of carbonyl (C=O) groups excluding carboxylic acids is 1. The van der Waals surface area contributed by atoms with Gasteiger partial charge in [-0.25, -0.2) is 0 Å². The third kappa shape index (κ3) is 0.821. The van der Waals surface area contributed by atoms with Crippen molar-refractivity contribution in [2.24, 2.45) is 0 Å². The maximum atomic E-state index is 10.7. The highest BCUT2D eigenvalue weighted by Crippen LogP contribution is 2.47. The van der Waals surface area contributed by atoms with Gasteiger partial charge < -0.3 is 9.21 Å². The summed E-state index contributed by atoms with van der Waals surface area (Å²) >= 11 is 0. The van der Waals surface area contributed by atoms with Crippen LogP contribution >= 0.6 is 0 Å². The summed E-state index contributed by atoms with van der Waals surface area (Å²) in [4.78, 5) is 10.7. The third-order valence-electron chi connectivity index (χ3n) is 2.41. The highest BCUT2D eigenvalue weighted by Gasteiger charge is 2.46. The molecule has 0 amide bonds. The molecule has 0 radical (unpaired) electrons. The Kier molecular flexibility index (Phi) is 1.19. The molecule has 1 fully saturated rings. The summed E-state index contributed by atoms with van der Waals surface area (Å²) < 4.78 is 5.13. The second-order valence-corrected chi connectivity index (χ2v) is 3.16. The van der Waals surface area contributed by atoms with Gasteiger partial charge in [0, 0.05) is 5.56 Å². The van der Waals surface area contributed by atoms with Crippen molar-refractivity contribution in [3.63, 3.8) is 0 Å². The molecule has 1 aromatic rings. The van der Waals surface area contributed by atoms with Crippen LogP contribution in [0.2, 0.25) is 0 Å². The van der Waals surface area contributed by atoms with Crippen molar-refractivity contribution in [2.45, 2.75) is 25.2 Å². The fourth-order valence-electron chi connectivity index (χ4n) is 1.49. The van der Waals surface area contributed by atoms with Gasteiger partial charge in [0.15, 0.2) is 0 Å². The average Bonchev–Trinajstić information content (AvgIpc) is 2.70. The SMILES string of the molecule is Cc1occc1C1(C=O)CC1. The predicted molar refractivity (Wildman–Crippen MR) is 40.4 cm³/mol. The Morgan fingerprint density at radius 3 is 2.73 bits per heavy atom. The number of carbonyl (C=O) groups is 1. The van der Waals surface area contributed by atoms with E-state index in [4.69, 9.17) is 4.42 Å². The number of rotatable bonds is 2. The molecule has 0 aromatic carbocycles. The van der Waals surface area contributed by atoms with Crippen LogP contribution in [0.15, 0.2) is 16.7 Å². The Balaban J connectivity index is 2.43. The van der Waals surface area contributed by atoms with Gasteiger partial charge in [-0.2, -0.15) is 0 Å². The summed E-state index contributed by atoms with van der Waals surface area (Å²) in [5.41, 5.74) is 0.907. The van der Waals surface area contributed by atoms with E-state index in [1.54, 1.807) is 6.26 Å². The van der Waals surface area contributed by atoms with Gasteiger partial charge in [0.25, 0.3) is 0 Å². The van der Waals surface area contributed by atoms with Crippen LogP contribution in [0.5, 0.6) is 0 Å². The van der Waals surface area contributed by atoms with E-state index in [1.807, 2.05) is 13.0 Å². The van der Waals surface area contributed by atoms with Crippen LogP contribution in [0, 0.1) is 6.92 Å². The standard InChI is InChI=1S/C9H10O2/c1-7-8(2-5-11-7)9(6-10)3-4-9/h2,5-6H,3-4H2,1H3. The van der Waals surface area contributed by atoms with Gasteiger partial charge in [0.1, 0.15) is 12.0 Å². The first-order valence-electron chi connectivity index (χ1n) is 3.79. The maximum absolute atomic E-state index is 10.7. The molecule has 0 atom stereocenters. The lowest BCUT2D eigenvalue weighted by atomic mass is 9.99. The molecule has 0 N–H and O–H groups in total. The normalized spacial score (nSPS) is 19.7. The third-order valence-corrected chi connectivity index (χ3v) is 2.41. The summed E-state index contributed by atoms with van der Waals surface area (Å²) in [5.74, 6) is 0.884. The van der Waals surface area contributed by atoms with Crippen molar-refractivity contribution >= 4 is 6.29 Å². The lowest BCUT2D eigenvalue weighted by Crippen LogP contribution is -2.07. The number of aryl methyl sites for hydroxylation is 1. The first kappa shape index (κ1) is 6.65. The van der Waals surface area contributed by atoms with Gasteiger partial charge >= 0.3 is 0 Å². The van der Waals surface area contributed by atoms with Gasteiger partial charge in [-0.3, -0.25) is 0 Å².